The fourth-order valence-electron chi connectivity index (χ4n) is 3.17. The highest BCUT2D eigenvalue weighted by atomic mass is 127. The lowest BCUT2D eigenvalue weighted by molar-refractivity contribution is 0.0277. The van der Waals surface area contributed by atoms with Gasteiger partial charge >= 0.3 is 0 Å². The first kappa shape index (κ1) is 24.1. The van der Waals surface area contributed by atoms with Crippen LogP contribution in [0.3, 0.4) is 0 Å². The third-order valence-electron chi connectivity index (χ3n) is 4.61. The Morgan fingerprint density at radius 2 is 2.00 bits per heavy atom. The van der Waals surface area contributed by atoms with Gasteiger partial charge in [-0.15, -0.1) is 24.0 Å². The van der Waals surface area contributed by atoms with E-state index in [-0.39, 0.29) is 36.4 Å². The number of aliphatic imine (C=N–C) groups is 1. The molecule has 27 heavy (non-hydrogen) atoms. The maximum atomic E-state index is 13.6. The maximum Gasteiger partial charge on any atom is 0.191 e. The second-order valence-corrected chi connectivity index (χ2v) is 6.70. The molecule has 2 rings (SSSR count). The Labute approximate surface area is 179 Å². The van der Waals surface area contributed by atoms with Gasteiger partial charge in [0.15, 0.2) is 5.96 Å². The van der Waals surface area contributed by atoms with Gasteiger partial charge in [0.1, 0.15) is 5.82 Å². The SMILES string of the molecule is CN=C(NCCCOC1CCCCC1)NCc1ccc(F)c(COC)c1.I. The molecule has 0 heterocycles. The number of rotatable bonds is 9. The highest BCUT2D eigenvalue weighted by molar-refractivity contribution is 14.0. The predicted molar refractivity (Wildman–Crippen MR) is 118 cm³/mol. The molecule has 1 saturated carbocycles. The van der Waals surface area contributed by atoms with Crippen LogP contribution in [0.15, 0.2) is 23.2 Å². The van der Waals surface area contributed by atoms with E-state index >= 15 is 0 Å². The smallest absolute Gasteiger partial charge is 0.191 e. The van der Waals surface area contributed by atoms with Crippen LogP contribution in [-0.4, -0.2) is 39.4 Å². The Hall–Kier alpha value is -0.930. The average molecular weight is 493 g/mol. The third-order valence-corrected chi connectivity index (χ3v) is 4.61. The number of halogens is 2. The first-order chi connectivity index (χ1) is 12.7. The fourth-order valence-corrected chi connectivity index (χ4v) is 3.17. The summed E-state index contributed by atoms with van der Waals surface area (Å²) in [5.74, 6) is 0.497. The highest BCUT2D eigenvalue weighted by Gasteiger charge is 2.13. The zero-order valence-electron chi connectivity index (χ0n) is 16.4. The molecule has 0 aromatic heterocycles. The number of nitrogens with zero attached hydrogens (tertiary/aromatic N) is 1. The number of hydrogen-bond donors (Lipinski definition) is 2. The van der Waals surface area contributed by atoms with Crippen molar-refractivity contribution in [3.63, 3.8) is 0 Å². The van der Waals surface area contributed by atoms with E-state index in [0.29, 0.717) is 18.2 Å². The van der Waals surface area contributed by atoms with Gasteiger partial charge in [-0.2, -0.15) is 0 Å². The lowest BCUT2D eigenvalue weighted by Gasteiger charge is -2.22. The van der Waals surface area contributed by atoms with Gasteiger partial charge in [0.25, 0.3) is 0 Å². The van der Waals surface area contributed by atoms with Crippen LogP contribution in [0, 0.1) is 5.82 Å². The lowest BCUT2D eigenvalue weighted by Crippen LogP contribution is -2.37. The van der Waals surface area contributed by atoms with Crippen molar-refractivity contribution < 1.29 is 13.9 Å². The molecule has 7 heteroatoms. The summed E-state index contributed by atoms with van der Waals surface area (Å²) in [6.45, 7) is 2.45. The number of nitrogens with one attached hydrogen (secondary N) is 2. The number of hydrogen-bond acceptors (Lipinski definition) is 3. The van der Waals surface area contributed by atoms with Crippen LogP contribution in [0.25, 0.3) is 0 Å². The summed E-state index contributed by atoms with van der Waals surface area (Å²) in [6.07, 6.45) is 7.78. The molecule has 1 fully saturated rings. The third kappa shape index (κ3) is 9.21. The Morgan fingerprint density at radius 3 is 2.70 bits per heavy atom. The van der Waals surface area contributed by atoms with Crippen molar-refractivity contribution in [3.05, 3.63) is 35.1 Å². The quantitative estimate of drug-likeness (QED) is 0.237. The number of guanidine groups is 1. The molecule has 5 nitrogen and oxygen atoms in total. The van der Waals surface area contributed by atoms with Gasteiger partial charge in [0.2, 0.25) is 0 Å². The summed E-state index contributed by atoms with van der Waals surface area (Å²) >= 11 is 0. The van der Waals surface area contributed by atoms with Crippen molar-refractivity contribution in [2.75, 3.05) is 27.3 Å². The lowest BCUT2D eigenvalue weighted by atomic mass is 9.98. The summed E-state index contributed by atoms with van der Waals surface area (Å²) in [6, 6.07) is 5.06. The Bertz CT molecular complexity index is 566. The first-order valence-electron chi connectivity index (χ1n) is 9.55. The first-order valence-corrected chi connectivity index (χ1v) is 9.55. The van der Waals surface area contributed by atoms with E-state index in [1.807, 2.05) is 6.07 Å². The summed E-state index contributed by atoms with van der Waals surface area (Å²) in [7, 11) is 3.31. The van der Waals surface area contributed by atoms with Gasteiger partial charge in [0, 0.05) is 39.4 Å². The van der Waals surface area contributed by atoms with E-state index < -0.39 is 0 Å². The molecule has 1 aromatic carbocycles. The van der Waals surface area contributed by atoms with E-state index in [0.717, 1.165) is 31.1 Å². The van der Waals surface area contributed by atoms with Crippen LogP contribution < -0.4 is 10.6 Å². The largest absolute Gasteiger partial charge is 0.380 e. The summed E-state index contributed by atoms with van der Waals surface area (Å²) in [5.41, 5.74) is 1.55. The molecule has 0 amide bonds. The monoisotopic (exact) mass is 493 g/mol. The zero-order valence-corrected chi connectivity index (χ0v) is 18.8. The predicted octanol–water partition coefficient (Wildman–Crippen LogP) is 3.99. The van der Waals surface area contributed by atoms with Gasteiger partial charge in [-0.1, -0.05) is 25.3 Å². The van der Waals surface area contributed by atoms with Crippen LogP contribution in [0.2, 0.25) is 0 Å². The molecular formula is C20H33FIN3O2. The van der Waals surface area contributed by atoms with Crippen LogP contribution in [0.1, 0.15) is 49.7 Å². The van der Waals surface area contributed by atoms with Gasteiger partial charge < -0.3 is 20.1 Å². The minimum Gasteiger partial charge on any atom is -0.380 e. The van der Waals surface area contributed by atoms with Gasteiger partial charge in [-0.3, -0.25) is 4.99 Å². The molecular weight excluding hydrogens is 460 g/mol. The van der Waals surface area contributed by atoms with E-state index in [1.54, 1.807) is 20.2 Å². The van der Waals surface area contributed by atoms with E-state index in [2.05, 4.69) is 15.6 Å². The fraction of sp³-hybridized carbons (Fsp3) is 0.650. The standard InChI is InChI=1S/C20H32FN3O2.HI/c1-22-20(23-11-6-12-26-18-7-4-3-5-8-18)24-14-16-9-10-19(21)17(13-16)15-25-2;/h9-10,13,18H,3-8,11-12,14-15H2,1-2H3,(H2,22,23,24);1H. The zero-order chi connectivity index (χ0) is 18.6. The van der Waals surface area contributed by atoms with Crippen LogP contribution in [-0.2, 0) is 22.6 Å². The van der Waals surface area contributed by atoms with E-state index in [9.17, 15) is 4.39 Å². The van der Waals surface area contributed by atoms with Gasteiger partial charge in [0.05, 0.1) is 12.7 Å². The molecule has 0 radical (unpaired) electrons. The highest BCUT2D eigenvalue weighted by Crippen LogP contribution is 2.20. The van der Waals surface area contributed by atoms with Crippen LogP contribution in [0.5, 0.6) is 0 Å². The Kier molecular flexibility index (Phi) is 12.6. The van der Waals surface area contributed by atoms with Crippen LogP contribution in [0.4, 0.5) is 4.39 Å². The average Bonchev–Trinajstić information content (AvgIpc) is 2.67. The van der Waals surface area contributed by atoms with E-state index in [4.69, 9.17) is 9.47 Å². The Balaban J connectivity index is 0.00000364. The molecule has 2 N–H and O–H groups in total. The number of benzene rings is 1. The molecule has 1 aliphatic carbocycles. The topological polar surface area (TPSA) is 54.9 Å². The minimum atomic E-state index is -0.240. The molecule has 1 aromatic rings. The van der Waals surface area contributed by atoms with Crippen molar-refractivity contribution in [2.45, 2.75) is 57.8 Å². The Morgan fingerprint density at radius 1 is 1.22 bits per heavy atom. The normalized spacial score (nSPS) is 15.3. The van der Waals surface area contributed by atoms with Crippen molar-refractivity contribution in [2.24, 2.45) is 4.99 Å². The summed E-state index contributed by atoms with van der Waals surface area (Å²) in [5, 5.41) is 6.54. The molecule has 0 bridgehead atoms. The molecule has 0 spiro atoms. The van der Waals surface area contributed by atoms with Crippen molar-refractivity contribution in [3.8, 4) is 0 Å². The number of methoxy groups -OCH3 is 1. The second kappa shape index (κ2) is 14.1. The molecule has 0 saturated heterocycles. The van der Waals surface area contributed by atoms with Crippen molar-refractivity contribution >= 4 is 29.9 Å². The number of ether oxygens (including phenoxy) is 2. The van der Waals surface area contributed by atoms with Crippen LogP contribution >= 0.6 is 24.0 Å². The maximum absolute atomic E-state index is 13.6. The molecule has 0 unspecified atom stereocenters. The summed E-state index contributed by atoms with van der Waals surface area (Å²) < 4.78 is 24.6. The molecule has 154 valence electrons. The second-order valence-electron chi connectivity index (χ2n) is 6.70. The summed E-state index contributed by atoms with van der Waals surface area (Å²) in [4.78, 5) is 4.22. The van der Waals surface area contributed by atoms with Gasteiger partial charge in [-0.05, 0) is 37.0 Å². The van der Waals surface area contributed by atoms with E-state index in [1.165, 1.54) is 38.2 Å². The molecule has 1 aliphatic rings. The van der Waals surface area contributed by atoms with Crippen molar-refractivity contribution in [1.82, 2.24) is 10.6 Å². The molecule has 0 aliphatic heterocycles. The molecule has 0 atom stereocenters. The van der Waals surface area contributed by atoms with Gasteiger partial charge in [-0.25, -0.2) is 4.39 Å². The minimum absolute atomic E-state index is 0. The van der Waals surface area contributed by atoms with Crippen molar-refractivity contribution in [1.29, 1.82) is 0 Å².